The lowest BCUT2D eigenvalue weighted by Gasteiger charge is -2.28. The molecule has 0 fully saturated rings. The average molecular weight is 400 g/mol. The molecule has 1 aromatic carbocycles. The molecule has 152 valence electrons. The molecule has 1 aromatic rings. The Hall–Kier alpha value is -2.13. The predicted octanol–water partition coefficient (Wildman–Crippen LogP) is 2.10. The Morgan fingerprint density at radius 2 is 1.81 bits per heavy atom. The van der Waals surface area contributed by atoms with Gasteiger partial charge in [0.1, 0.15) is 10.6 Å². The number of hydrogen-bond acceptors (Lipinski definition) is 5. The number of aliphatic carboxylic acids is 1. The van der Waals surface area contributed by atoms with E-state index in [0.717, 1.165) is 0 Å². The Morgan fingerprint density at radius 3 is 2.26 bits per heavy atom. The van der Waals surface area contributed by atoms with Crippen LogP contribution in [0.5, 0.6) is 5.75 Å². The fourth-order valence-electron chi connectivity index (χ4n) is 2.66. The number of ether oxygens (including phenoxy) is 1. The Bertz CT molecular complexity index is 789. The molecule has 0 unspecified atom stereocenters. The molecule has 0 aromatic heterocycles. The highest BCUT2D eigenvalue weighted by Gasteiger charge is 2.30. The van der Waals surface area contributed by atoms with Crippen LogP contribution in [0.25, 0.3) is 0 Å². The van der Waals surface area contributed by atoms with Gasteiger partial charge in [0.05, 0.1) is 13.5 Å². The first-order valence-electron chi connectivity index (χ1n) is 8.77. The summed E-state index contributed by atoms with van der Waals surface area (Å²) in [4.78, 5) is 23.6. The third kappa shape index (κ3) is 5.43. The highest BCUT2D eigenvalue weighted by atomic mass is 32.2. The number of carbonyl (C=O) groups is 2. The number of nitrogens with zero attached hydrogens (tertiary/aromatic N) is 1. The van der Waals surface area contributed by atoms with Gasteiger partial charge in [-0.3, -0.25) is 9.59 Å². The van der Waals surface area contributed by atoms with Crippen LogP contribution in [0.15, 0.2) is 23.1 Å². The van der Waals surface area contributed by atoms with Crippen molar-refractivity contribution in [3.63, 3.8) is 0 Å². The van der Waals surface area contributed by atoms with Gasteiger partial charge in [-0.2, -0.15) is 4.31 Å². The van der Waals surface area contributed by atoms with Gasteiger partial charge >= 0.3 is 5.97 Å². The summed E-state index contributed by atoms with van der Waals surface area (Å²) in [5, 5.41) is 11.7. The van der Waals surface area contributed by atoms with Gasteiger partial charge in [-0.05, 0) is 31.5 Å². The number of rotatable bonds is 10. The number of benzene rings is 1. The Kier molecular flexibility index (Phi) is 7.79. The van der Waals surface area contributed by atoms with E-state index in [-0.39, 0.29) is 35.7 Å². The molecule has 2 N–H and O–H groups in total. The second-order valence-corrected chi connectivity index (χ2v) is 8.30. The number of carboxylic acids is 1. The van der Waals surface area contributed by atoms with Crippen LogP contribution >= 0.6 is 0 Å². The first kappa shape index (κ1) is 22.9. The summed E-state index contributed by atoms with van der Waals surface area (Å²) in [6.45, 7) is 7.42. The van der Waals surface area contributed by atoms with Gasteiger partial charge in [0.2, 0.25) is 10.0 Å². The third-order valence-electron chi connectivity index (χ3n) is 4.49. The van der Waals surface area contributed by atoms with Gasteiger partial charge in [0, 0.05) is 24.2 Å². The quantitative estimate of drug-likeness (QED) is 0.622. The van der Waals surface area contributed by atoms with Crippen LogP contribution in [0.2, 0.25) is 0 Å². The number of carboxylic acid groups (broad SMARTS) is 1. The van der Waals surface area contributed by atoms with Crippen molar-refractivity contribution < 1.29 is 27.9 Å². The smallest absolute Gasteiger partial charge is 0.305 e. The highest BCUT2D eigenvalue weighted by molar-refractivity contribution is 7.89. The molecule has 9 heteroatoms. The number of nitrogens with one attached hydrogen (secondary N) is 1. The van der Waals surface area contributed by atoms with E-state index in [1.807, 2.05) is 0 Å². The minimum Gasteiger partial charge on any atom is -0.495 e. The standard InChI is InChI=1S/C18H28N2O6S/c1-6-18(4,12-16(21)22)19-17(23)13-9-10-14(26-5)15(11-13)27(24,25)20(7-2)8-3/h9-11H,6-8,12H2,1-5H3,(H,19,23)(H,21,22)/t18-/m1/s1. The summed E-state index contributed by atoms with van der Waals surface area (Å²) < 4.78 is 32.2. The lowest BCUT2D eigenvalue weighted by molar-refractivity contribution is -0.138. The third-order valence-corrected chi connectivity index (χ3v) is 6.56. The van der Waals surface area contributed by atoms with Gasteiger partial charge in [-0.25, -0.2) is 8.42 Å². The van der Waals surface area contributed by atoms with E-state index in [9.17, 15) is 18.0 Å². The van der Waals surface area contributed by atoms with Crippen LogP contribution < -0.4 is 10.1 Å². The van der Waals surface area contributed by atoms with Crippen molar-refractivity contribution in [2.75, 3.05) is 20.2 Å². The summed E-state index contributed by atoms with van der Waals surface area (Å²) >= 11 is 0. The van der Waals surface area contributed by atoms with Gasteiger partial charge in [0.25, 0.3) is 5.91 Å². The lowest BCUT2D eigenvalue weighted by atomic mass is 9.94. The van der Waals surface area contributed by atoms with Gasteiger partial charge in [-0.15, -0.1) is 0 Å². The Morgan fingerprint density at radius 1 is 1.22 bits per heavy atom. The zero-order valence-corrected chi connectivity index (χ0v) is 17.2. The van der Waals surface area contributed by atoms with Crippen LogP contribution in [0, 0.1) is 0 Å². The summed E-state index contributed by atoms with van der Waals surface area (Å²) in [6.07, 6.45) is 0.168. The average Bonchev–Trinajstić information content (AvgIpc) is 2.61. The van der Waals surface area contributed by atoms with E-state index in [4.69, 9.17) is 9.84 Å². The second-order valence-electron chi connectivity index (χ2n) is 6.39. The van der Waals surface area contributed by atoms with Crippen LogP contribution in [0.3, 0.4) is 0 Å². The molecule has 0 bridgehead atoms. The first-order valence-corrected chi connectivity index (χ1v) is 10.2. The van der Waals surface area contributed by atoms with Crippen molar-refractivity contribution in [1.29, 1.82) is 0 Å². The number of amides is 1. The van der Waals surface area contributed by atoms with E-state index in [1.165, 1.54) is 29.6 Å². The summed E-state index contributed by atoms with van der Waals surface area (Å²) in [7, 11) is -2.48. The van der Waals surface area contributed by atoms with E-state index in [0.29, 0.717) is 6.42 Å². The van der Waals surface area contributed by atoms with E-state index in [2.05, 4.69) is 5.32 Å². The van der Waals surface area contributed by atoms with Crippen LogP contribution in [-0.2, 0) is 14.8 Å². The lowest BCUT2D eigenvalue weighted by Crippen LogP contribution is -2.47. The molecule has 1 rings (SSSR count). The zero-order chi connectivity index (χ0) is 20.8. The van der Waals surface area contributed by atoms with Crippen molar-refractivity contribution >= 4 is 21.9 Å². The molecule has 0 radical (unpaired) electrons. The molecule has 0 saturated heterocycles. The Labute approximate surface area is 160 Å². The molecule has 0 aliphatic carbocycles. The number of carbonyl (C=O) groups excluding carboxylic acids is 1. The van der Waals surface area contributed by atoms with Gasteiger partial charge < -0.3 is 15.2 Å². The van der Waals surface area contributed by atoms with Crippen LogP contribution in [-0.4, -0.2) is 55.4 Å². The maximum absolute atomic E-state index is 12.9. The van der Waals surface area contributed by atoms with E-state index >= 15 is 0 Å². The molecule has 27 heavy (non-hydrogen) atoms. The molecule has 1 amide bonds. The fourth-order valence-corrected chi connectivity index (χ4v) is 4.30. The predicted molar refractivity (Wildman–Crippen MR) is 102 cm³/mol. The van der Waals surface area contributed by atoms with Crippen molar-refractivity contribution in [3.8, 4) is 5.75 Å². The van der Waals surface area contributed by atoms with Crippen molar-refractivity contribution in [3.05, 3.63) is 23.8 Å². The van der Waals surface area contributed by atoms with Gasteiger partial charge in [0.15, 0.2) is 0 Å². The molecule has 0 aliphatic heterocycles. The van der Waals surface area contributed by atoms with Crippen molar-refractivity contribution in [1.82, 2.24) is 9.62 Å². The van der Waals surface area contributed by atoms with E-state index < -0.39 is 27.4 Å². The molecule has 1 atom stereocenters. The normalized spacial score (nSPS) is 13.9. The largest absolute Gasteiger partial charge is 0.495 e. The molecule has 0 spiro atoms. The molecule has 0 heterocycles. The van der Waals surface area contributed by atoms with Crippen LogP contribution in [0.1, 0.15) is 50.9 Å². The number of sulfonamides is 1. The molecular weight excluding hydrogens is 372 g/mol. The fraction of sp³-hybridized carbons (Fsp3) is 0.556. The zero-order valence-electron chi connectivity index (χ0n) is 16.4. The molecule has 0 aliphatic rings. The molecule has 8 nitrogen and oxygen atoms in total. The highest BCUT2D eigenvalue weighted by Crippen LogP contribution is 2.28. The SMILES string of the molecule is CCN(CC)S(=O)(=O)c1cc(C(=O)N[C@](C)(CC)CC(=O)O)ccc1OC. The summed E-state index contributed by atoms with van der Waals surface area (Å²) in [5.41, 5.74) is -0.826. The minimum absolute atomic E-state index is 0.0993. The maximum atomic E-state index is 12.9. The monoisotopic (exact) mass is 400 g/mol. The maximum Gasteiger partial charge on any atom is 0.305 e. The topological polar surface area (TPSA) is 113 Å². The van der Waals surface area contributed by atoms with Crippen molar-refractivity contribution in [2.24, 2.45) is 0 Å². The van der Waals surface area contributed by atoms with Gasteiger partial charge in [-0.1, -0.05) is 20.8 Å². The first-order chi connectivity index (χ1) is 12.5. The summed E-state index contributed by atoms with van der Waals surface area (Å²) in [5.74, 6) is -1.43. The molecule has 0 saturated carbocycles. The van der Waals surface area contributed by atoms with E-state index in [1.54, 1.807) is 27.7 Å². The van der Waals surface area contributed by atoms with Crippen molar-refractivity contribution in [2.45, 2.75) is 51.0 Å². The number of hydrogen-bond donors (Lipinski definition) is 2. The molecular formula is C18H28N2O6S. The second kappa shape index (κ2) is 9.18. The minimum atomic E-state index is -3.83. The summed E-state index contributed by atoms with van der Waals surface area (Å²) in [6, 6.07) is 4.14. The Balaban J connectivity index is 3.32. The van der Waals surface area contributed by atoms with Crippen LogP contribution in [0.4, 0.5) is 0 Å². The number of methoxy groups -OCH3 is 1.